The standard InChI is InChI=1S/C27H31N3O5/c1-19(31)28-16-12-24(13-17-28)35-23-8-6-20(7-9-23)26(32)29-14-10-22(11-15-29)30-25-5-3-2-4-21(25)18-34-27(30)33/h2-9,22,24H,10-18H2,1H3. The van der Waals surface area contributed by atoms with E-state index in [0.717, 1.165) is 29.8 Å². The average Bonchev–Trinajstić information content (AvgIpc) is 2.89. The fraction of sp³-hybridized carbons (Fsp3) is 0.444. The van der Waals surface area contributed by atoms with Crippen LogP contribution >= 0.6 is 0 Å². The van der Waals surface area contributed by atoms with Crippen LogP contribution < -0.4 is 9.64 Å². The van der Waals surface area contributed by atoms with Crippen LogP contribution in [-0.4, -0.2) is 66.0 Å². The first-order valence-corrected chi connectivity index (χ1v) is 12.3. The predicted octanol–water partition coefficient (Wildman–Crippen LogP) is 3.84. The smallest absolute Gasteiger partial charge is 0.414 e. The SMILES string of the molecule is CC(=O)N1CCC(Oc2ccc(C(=O)N3CCC(N4C(=O)OCc5ccccc54)CC3)cc2)CC1. The van der Waals surface area contributed by atoms with Crippen LogP contribution in [0, 0.1) is 0 Å². The lowest BCUT2D eigenvalue weighted by Gasteiger charge is -2.40. The third kappa shape index (κ3) is 4.97. The lowest BCUT2D eigenvalue weighted by molar-refractivity contribution is -0.130. The summed E-state index contributed by atoms with van der Waals surface area (Å²) in [5.74, 6) is 0.839. The molecule has 2 aromatic rings. The van der Waals surface area contributed by atoms with E-state index in [9.17, 15) is 14.4 Å². The number of carbonyl (C=O) groups excluding carboxylic acids is 3. The first kappa shape index (κ1) is 23.2. The summed E-state index contributed by atoms with van der Waals surface area (Å²) in [5, 5.41) is 0. The number of ether oxygens (including phenoxy) is 2. The molecule has 0 atom stereocenters. The molecule has 8 nitrogen and oxygen atoms in total. The molecule has 0 N–H and O–H groups in total. The van der Waals surface area contributed by atoms with Crippen LogP contribution in [0.3, 0.4) is 0 Å². The number of cyclic esters (lactones) is 1. The van der Waals surface area contributed by atoms with Crippen LogP contribution in [0.5, 0.6) is 5.75 Å². The van der Waals surface area contributed by atoms with Crippen molar-refractivity contribution < 1.29 is 23.9 Å². The monoisotopic (exact) mass is 477 g/mol. The van der Waals surface area contributed by atoms with Crippen molar-refractivity contribution in [2.75, 3.05) is 31.1 Å². The van der Waals surface area contributed by atoms with Gasteiger partial charge >= 0.3 is 6.09 Å². The van der Waals surface area contributed by atoms with Crippen LogP contribution in [0.2, 0.25) is 0 Å². The number of amides is 3. The maximum atomic E-state index is 13.1. The van der Waals surface area contributed by atoms with Crippen molar-refractivity contribution in [3.05, 3.63) is 59.7 Å². The molecule has 8 heteroatoms. The summed E-state index contributed by atoms with van der Waals surface area (Å²) in [6.45, 7) is 4.51. The summed E-state index contributed by atoms with van der Waals surface area (Å²) in [5.41, 5.74) is 2.55. The first-order chi connectivity index (χ1) is 17.0. The van der Waals surface area contributed by atoms with Crippen molar-refractivity contribution in [3.8, 4) is 5.75 Å². The maximum absolute atomic E-state index is 13.1. The molecule has 35 heavy (non-hydrogen) atoms. The predicted molar refractivity (Wildman–Crippen MR) is 130 cm³/mol. The van der Waals surface area contributed by atoms with Crippen molar-refractivity contribution in [1.82, 2.24) is 9.80 Å². The van der Waals surface area contributed by atoms with Crippen LogP contribution in [-0.2, 0) is 16.1 Å². The highest BCUT2D eigenvalue weighted by Crippen LogP contribution is 2.32. The molecule has 0 aliphatic carbocycles. The van der Waals surface area contributed by atoms with Crippen molar-refractivity contribution in [3.63, 3.8) is 0 Å². The van der Waals surface area contributed by atoms with E-state index >= 15 is 0 Å². The number of benzene rings is 2. The van der Waals surface area contributed by atoms with Crippen LogP contribution in [0.4, 0.5) is 10.5 Å². The normalized spacial score (nSPS) is 19.2. The molecule has 0 spiro atoms. The number of nitrogens with zero attached hydrogens (tertiary/aromatic N) is 3. The van der Waals surface area contributed by atoms with Crippen molar-refractivity contribution in [1.29, 1.82) is 0 Å². The van der Waals surface area contributed by atoms with Gasteiger partial charge in [-0.1, -0.05) is 18.2 Å². The molecule has 184 valence electrons. The highest BCUT2D eigenvalue weighted by atomic mass is 16.6. The molecule has 3 aliphatic rings. The maximum Gasteiger partial charge on any atom is 0.414 e. The van der Waals surface area contributed by atoms with Gasteiger partial charge in [0, 0.05) is 63.1 Å². The van der Waals surface area contributed by atoms with E-state index in [1.54, 1.807) is 11.8 Å². The van der Waals surface area contributed by atoms with E-state index in [0.29, 0.717) is 51.2 Å². The zero-order valence-corrected chi connectivity index (χ0v) is 20.0. The summed E-state index contributed by atoms with van der Waals surface area (Å²) < 4.78 is 11.4. The Morgan fingerprint density at radius 2 is 1.54 bits per heavy atom. The number of piperidine rings is 2. The molecule has 0 unspecified atom stereocenters. The molecular weight excluding hydrogens is 446 g/mol. The van der Waals surface area contributed by atoms with Gasteiger partial charge in [-0.25, -0.2) is 4.79 Å². The van der Waals surface area contributed by atoms with Gasteiger partial charge in [0.25, 0.3) is 5.91 Å². The van der Waals surface area contributed by atoms with Crippen LogP contribution in [0.25, 0.3) is 0 Å². The minimum Gasteiger partial charge on any atom is -0.490 e. The number of fused-ring (bicyclic) bond motifs is 1. The number of rotatable bonds is 4. The van der Waals surface area contributed by atoms with E-state index in [1.165, 1.54) is 0 Å². The number of para-hydroxylation sites is 1. The highest BCUT2D eigenvalue weighted by Gasteiger charge is 2.35. The van der Waals surface area contributed by atoms with Gasteiger partial charge in [-0.15, -0.1) is 0 Å². The van der Waals surface area contributed by atoms with Gasteiger partial charge in [0.2, 0.25) is 5.91 Å². The second-order valence-electron chi connectivity index (χ2n) is 9.42. The molecule has 0 saturated carbocycles. The van der Waals surface area contributed by atoms with Gasteiger partial charge in [0.1, 0.15) is 18.5 Å². The minimum absolute atomic E-state index is 0.00797. The second kappa shape index (κ2) is 9.98. The molecule has 0 aromatic heterocycles. The quantitative estimate of drug-likeness (QED) is 0.669. The Kier molecular flexibility index (Phi) is 6.61. The lowest BCUT2D eigenvalue weighted by Crippen LogP contribution is -2.50. The summed E-state index contributed by atoms with van der Waals surface area (Å²) >= 11 is 0. The van der Waals surface area contributed by atoms with Gasteiger partial charge in [0.05, 0.1) is 5.69 Å². The van der Waals surface area contributed by atoms with Crippen molar-refractivity contribution in [2.24, 2.45) is 0 Å². The van der Waals surface area contributed by atoms with Crippen LogP contribution in [0.1, 0.15) is 48.5 Å². The highest BCUT2D eigenvalue weighted by molar-refractivity contribution is 5.94. The Hall–Kier alpha value is -3.55. The zero-order chi connectivity index (χ0) is 24.4. The molecule has 2 saturated heterocycles. The Labute approximate surface area is 205 Å². The molecule has 0 radical (unpaired) electrons. The van der Waals surface area contributed by atoms with E-state index in [-0.39, 0.29) is 30.1 Å². The Balaban J connectivity index is 1.15. The van der Waals surface area contributed by atoms with Gasteiger partial charge in [-0.05, 0) is 43.2 Å². The fourth-order valence-corrected chi connectivity index (χ4v) is 5.19. The molecule has 2 fully saturated rings. The summed E-state index contributed by atoms with van der Waals surface area (Å²) in [7, 11) is 0. The van der Waals surface area contributed by atoms with Gasteiger partial charge in [-0.2, -0.15) is 0 Å². The number of hydrogen-bond acceptors (Lipinski definition) is 5. The Morgan fingerprint density at radius 1 is 0.886 bits per heavy atom. The van der Waals surface area contributed by atoms with Gasteiger partial charge in [0.15, 0.2) is 0 Å². The van der Waals surface area contributed by atoms with Crippen molar-refractivity contribution in [2.45, 2.75) is 51.4 Å². The summed E-state index contributed by atoms with van der Waals surface area (Å²) in [6, 6.07) is 15.2. The van der Waals surface area contributed by atoms with E-state index < -0.39 is 0 Å². The largest absolute Gasteiger partial charge is 0.490 e. The Bertz CT molecular complexity index is 1090. The van der Waals surface area contributed by atoms with Crippen molar-refractivity contribution >= 4 is 23.6 Å². The minimum atomic E-state index is -0.309. The molecule has 5 rings (SSSR count). The molecule has 3 aliphatic heterocycles. The van der Waals surface area contributed by atoms with Crippen LogP contribution in [0.15, 0.2) is 48.5 Å². The molecule has 0 bridgehead atoms. The van der Waals surface area contributed by atoms with Gasteiger partial charge < -0.3 is 19.3 Å². The fourth-order valence-electron chi connectivity index (χ4n) is 5.19. The number of likely N-dealkylation sites (tertiary alicyclic amines) is 2. The average molecular weight is 478 g/mol. The molecule has 3 amide bonds. The topological polar surface area (TPSA) is 79.4 Å². The van der Waals surface area contributed by atoms with E-state index in [2.05, 4.69) is 0 Å². The Morgan fingerprint density at radius 3 is 2.23 bits per heavy atom. The molecular formula is C27H31N3O5. The molecule has 2 aromatic carbocycles. The third-order valence-electron chi connectivity index (χ3n) is 7.21. The number of anilines is 1. The second-order valence-corrected chi connectivity index (χ2v) is 9.42. The summed E-state index contributed by atoms with van der Waals surface area (Å²) in [6.07, 6.45) is 2.80. The van der Waals surface area contributed by atoms with E-state index in [4.69, 9.17) is 9.47 Å². The van der Waals surface area contributed by atoms with Gasteiger partial charge in [-0.3, -0.25) is 14.5 Å². The molecule has 3 heterocycles. The summed E-state index contributed by atoms with van der Waals surface area (Å²) in [4.78, 5) is 42.5. The lowest BCUT2D eigenvalue weighted by atomic mass is 10.00. The van der Waals surface area contributed by atoms with E-state index in [1.807, 2.05) is 58.3 Å². The first-order valence-electron chi connectivity index (χ1n) is 12.3. The zero-order valence-electron chi connectivity index (χ0n) is 20.0. The third-order valence-corrected chi connectivity index (χ3v) is 7.21. The number of hydrogen-bond donors (Lipinski definition) is 0. The number of carbonyl (C=O) groups is 3.